The fourth-order valence-corrected chi connectivity index (χ4v) is 3.57. The van der Waals surface area contributed by atoms with Gasteiger partial charge in [0.15, 0.2) is 17.3 Å². The van der Waals surface area contributed by atoms with Gasteiger partial charge in [0.1, 0.15) is 5.82 Å². The number of carbonyl (C=O) groups excluding carboxylic acids is 1. The minimum atomic E-state index is -1.04. The Labute approximate surface area is 194 Å². The van der Waals surface area contributed by atoms with E-state index in [-0.39, 0.29) is 12.2 Å². The highest BCUT2D eigenvalue weighted by atomic mass is 79.9. The summed E-state index contributed by atoms with van der Waals surface area (Å²) in [6.45, 7) is 0.618. The zero-order valence-electron chi connectivity index (χ0n) is 16.4. The average molecular weight is 522 g/mol. The van der Waals surface area contributed by atoms with E-state index in [2.05, 4.69) is 42.0 Å². The van der Waals surface area contributed by atoms with Crippen molar-refractivity contribution in [3.63, 3.8) is 0 Å². The lowest BCUT2D eigenvalue weighted by molar-refractivity contribution is 0.252. The first-order valence-electron chi connectivity index (χ1n) is 9.45. The summed E-state index contributed by atoms with van der Waals surface area (Å²) in [5.74, 6) is -1.37. The molecular formula is C21H16BrClF2N6O. The summed E-state index contributed by atoms with van der Waals surface area (Å²) in [6.07, 6.45) is 1.64. The van der Waals surface area contributed by atoms with Crippen LogP contribution in [0, 0.1) is 11.6 Å². The lowest BCUT2D eigenvalue weighted by atomic mass is 10.1. The lowest BCUT2D eigenvalue weighted by Crippen LogP contribution is -2.32. The summed E-state index contributed by atoms with van der Waals surface area (Å²) in [6, 6.07) is 11.8. The number of fused-ring (bicyclic) bond motifs is 1. The lowest BCUT2D eigenvalue weighted by Gasteiger charge is -2.12. The highest BCUT2D eigenvalue weighted by Gasteiger charge is 2.13. The molecule has 2 aromatic carbocycles. The van der Waals surface area contributed by atoms with Gasteiger partial charge >= 0.3 is 6.03 Å². The van der Waals surface area contributed by atoms with Crippen LogP contribution in [0.1, 0.15) is 0 Å². The van der Waals surface area contributed by atoms with E-state index in [1.807, 2.05) is 24.3 Å². The minimum absolute atomic E-state index is 0.149. The van der Waals surface area contributed by atoms with Crippen molar-refractivity contribution < 1.29 is 13.6 Å². The number of aromatic nitrogens is 3. The SMILES string of the molecule is O=C(NCCNc1cc(-c2ccccc2Cl)nc2c(Br)cnn12)Nc1ccc(F)c(F)c1. The molecule has 0 aliphatic rings. The predicted molar refractivity (Wildman–Crippen MR) is 123 cm³/mol. The maximum Gasteiger partial charge on any atom is 0.319 e. The number of urea groups is 1. The highest BCUT2D eigenvalue weighted by molar-refractivity contribution is 9.10. The first-order valence-corrected chi connectivity index (χ1v) is 10.6. The molecule has 2 aromatic heterocycles. The van der Waals surface area contributed by atoms with Crippen molar-refractivity contribution in [2.45, 2.75) is 0 Å². The van der Waals surface area contributed by atoms with Gasteiger partial charge in [-0.2, -0.15) is 9.61 Å². The molecule has 2 heterocycles. The molecule has 0 saturated heterocycles. The summed E-state index contributed by atoms with van der Waals surface area (Å²) in [5.41, 5.74) is 2.19. The molecule has 0 aliphatic heterocycles. The second-order valence-corrected chi connectivity index (χ2v) is 7.93. The molecule has 164 valence electrons. The molecule has 0 atom stereocenters. The van der Waals surface area contributed by atoms with Gasteiger partial charge in [-0.05, 0) is 34.1 Å². The topological polar surface area (TPSA) is 83.3 Å². The summed E-state index contributed by atoms with van der Waals surface area (Å²) >= 11 is 9.78. The van der Waals surface area contributed by atoms with E-state index in [0.717, 1.165) is 22.2 Å². The van der Waals surface area contributed by atoms with Crippen molar-refractivity contribution in [2.24, 2.45) is 0 Å². The van der Waals surface area contributed by atoms with Crippen LogP contribution in [0.25, 0.3) is 16.9 Å². The Bertz CT molecular complexity index is 1300. The first kappa shape index (κ1) is 22.0. The fourth-order valence-electron chi connectivity index (χ4n) is 2.98. The number of benzene rings is 2. The Kier molecular flexibility index (Phi) is 6.52. The molecular weight excluding hydrogens is 506 g/mol. The van der Waals surface area contributed by atoms with Crippen LogP contribution in [0.3, 0.4) is 0 Å². The molecule has 0 fully saturated rings. The van der Waals surface area contributed by atoms with Crippen LogP contribution in [-0.4, -0.2) is 33.7 Å². The number of nitrogens with zero attached hydrogens (tertiary/aromatic N) is 3. The third kappa shape index (κ3) is 4.81. The molecule has 0 bridgehead atoms. The van der Waals surface area contributed by atoms with Crippen LogP contribution in [0.5, 0.6) is 0 Å². The van der Waals surface area contributed by atoms with Gasteiger partial charge in [0.25, 0.3) is 0 Å². The maximum absolute atomic E-state index is 13.3. The Hall–Kier alpha value is -3.24. The van der Waals surface area contributed by atoms with E-state index in [1.54, 1.807) is 16.8 Å². The quantitative estimate of drug-likeness (QED) is 0.300. The number of rotatable bonds is 6. The third-order valence-electron chi connectivity index (χ3n) is 4.47. The van der Waals surface area contributed by atoms with Crippen LogP contribution in [0.15, 0.2) is 59.2 Å². The van der Waals surface area contributed by atoms with Crippen LogP contribution in [0.2, 0.25) is 5.02 Å². The number of anilines is 2. The highest BCUT2D eigenvalue weighted by Crippen LogP contribution is 2.30. The summed E-state index contributed by atoms with van der Waals surface area (Å²) in [4.78, 5) is 16.6. The van der Waals surface area contributed by atoms with Crippen LogP contribution >= 0.6 is 27.5 Å². The first-order chi connectivity index (χ1) is 15.4. The number of hydrogen-bond donors (Lipinski definition) is 3. The minimum Gasteiger partial charge on any atom is -0.368 e. The van der Waals surface area contributed by atoms with Crippen molar-refractivity contribution in [1.29, 1.82) is 0 Å². The molecule has 32 heavy (non-hydrogen) atoms. The van der Waals surface area contributed by atoms with Crippen molar-refractivity contribution >= 4 is 50.7 Å². The van der Waals surface area contributed by atoms with Crippen molar-refractivity contribution in [3.8, 4) is 11.3 Å². The summed E-state index contributed by atoms with van der Waals surface area (Å²) in [7, 11) is 0. The molecule has 11 heteroatoms. The number of nitrogens with one attached hydrogen (secondary N) is 3. The van der Waals surface area contributed by atoms with E-state index in [0.29, 0.717) is 28.7 Å². The average Bonchev–Trinajstić information content (AvgIpc) is 3.15. The van der Waals surface area contributed by atoms with Gasteiger partial charge in [-0.15, -0.1) is 0 Å². The third-order valence-corrected chi connectivity index (χ3v) is 5.36. The van der Waals surface area contributed by atoms with E-state index >= 15 is 0 Å². The molecule has 0 unspecified atom stereocenters. The van der Waals surface area contributed by atoms with Crippen LogP contribution < -0.4 is 16.0 Å². The van der Waals surface area contributed by atoms with Gasteiger partial charge in [0, 0.05) is 41.5 Å². The van der Waals surface area contributed by atoms with Gasteiger partial charge in [0.2, 0.25) is 0 Å². The smallest absolute Gasteiger partial charge is 0.319 e. The zero-order valence-corrected chi connectivity index (χ0v) is 18.7. The predicted octanol–water partition coefficient (Wildman–Crippen LogP) is 5.32. The Morgan fingerprint density at radius 3 is 2.69 bits per heavy atom. The van der Waals surface area contributed by atoms with E-state index < -0.39 is 17.7 Å². The number of halogens is 4. The fraction of sp³-hybridized carbons (Fsp3) is 0.0952. The van der Waals surface area contributed by atoms with Crippen molar-refractivity contribution in [3.05, 3.63) is 75.9 Å². The van der Waals surface area contributed by atoms with Crippen molar-refractivity contribution in [2.75, 3.05) is 23.7 Å². The van der Waals surface area contributed by atoms with Crippen LogP contribution in [-0.2, 0) is 0 Å². The second kappa shape index (κ2) is 9.49. The van der Waals surface area contributed by atoms with Gasteiger partial charge in [-0.25, -0.2) is 18.6 Å². The molecule has 4 aromatic rings. The molecule has 0 saturated carbocycles. The summed E-state index contributed by atoms with van der Waals surface area (Å²) < 4.78 is 28.6. The molecule has 0 radical (unpaired) electrons. The van der Waals surface area contributed by atoms with Crippen LogP contribution in [0.4, 0.5) is 25.1 Å². The summed E-state index contributed by atoms with van der Waals surface area (Å²) in [5, 5.41) is 13.2. The molecule has 0 aliphatic carbocycles. The van der Waals surface area contributed by atoms with E-state index in [4.69, 9.17) is 11.6 Å². The Morgan fingerprint density at radius 1 is 1.09 bits per heavy atom. The largest absolute Gasteiger partial charge is 0.368 e. The Morgan fingerprint density at radius 2 is 1.91 bits per heavy atom. The maximum atomic E-state index is 13.3. The zero-order chi connectivity index (χ0) is 22.7. The second-order valence-electron chi connectivity index (χ2n) is 6.67. The van der Waals surface area contributed by atoms with Gasteiger partial charge in [-0.3, -0.25) is 0 Å². The number of hydrogen-bond acceptors (Lipinski definition) is 4. The van der Waals surface area contributed by atoms with E-state index in [9.17, 15) is 13.6 Å². The van der Waals surface area contributed by atoms with Gasteiger partial charge in [-0.1, -0.05) is 29.8 Å². The normalized spacial score (nSPS) is 10.9. The number of amides is 2. The van der Waals surface area contributed by atoms with Crippen molar-refractivity contribution in [1.82, 2.24) is 19.9 Å². The molecule has 7 nitrogen and oxygen atoms in total. The molecule has 4 rings (SSSR count). The number of carbonyl (C=O) groups is 1. The van der Waals surface area contributed by atoms with E-state index in [1.165, 1.54) is 6.07 Å². The standard InChI is InChI=1S/C21H16BrClF2N6O/c22-14-11-28-31-19(10-18(30-20(14)31)13-3-1-2-4-15(13)23)26-7-8-27-21(32)29-12-5-6-16(24)17(25)9-12/h1-6,9-11,26H,7-8H2,(H2,27,29,32). The van der Waals surface area contributed by atoms with Gasteiger partial charge < -0.3 is 16.0 Å². The van der Waals surface area contributed by atoms with Gasteiger partial charge in [0.05, 0.1) is 16.4 Å². The molecule has 2 amide bonds. The molecule has 0 spiro atoms. The molecule has 3 N–H and O–H groups in total. The monoisotopic (exact) mass is 520 g/mol. The Balaban J connectivity index is 1.43.